The van der Waals surface area contributed by atoms with Crippen LogP contribution in [0.2, 0.25) is 0 Å². The fourth-order valence-corrected chi connectivity index (χ4v) is 2.65. The van der Waals surface area contributed by atoms with Gasteiger partial charge in [-0.2, -0.15) is 0 Å². The number of aromatic nitrogens is 2. The fraction of sp³-hybridized carbons (Fsp3) is 0.353. The predicted octanol–water partition coefficient (Wildman–Crippen LogP) is 2.17. The van der Waals surface area contributed by atoms with E-state index < -0.39 is 17.7 Å². The highest BCUT2D eigenvalue weighted by atomic mass is 19.1. The lowest BCUT2D eigenvalue weighted by molar-refractivity contribution is 0.208. The van der Waals surface area contributed by atoms with Gasteiger partial charge in [0.25, 0.3) is 0 Å². The van der Waals surface area contributed by atoms with Gasteiger partial charge < -0.3 is 20.0 Å². The average molecular weight is 362 g/mol. The van der Waals surface area contributed by atoms with Crippen LogP contribution in [0.25, 0.3) is 0 Å². The number of anilines is 3. The molecule has 0 bridgehead atoms. The molecular weight excluding hydrogens is 342 g/mol. The summed E-state index contributed by atoms with van der Waals surface area (Å²) in [6.45, 7) is 2.05. The second-order valence-corrected chi connectivity index (χ2v) is 6.17. The minimum Gasteiger partial charge on any atom is -0.361 e. The third kappa shape index (κ3) is 3.98. The van der Waals surface area contributed by atoms with E-state index >= 15 is 0 Å². The molecule has 9 heteroatoms. The van der Waals surface area contributed by atoms with Gasteiger partial charge in [-0.3, -0.25) is 0 Å². The first-order valence-corrected chi connectivity index (χ1v) is 8.21. The highest BCUT2D eigenvalue weighted by Gasteiger charge is 2.23. The zero-order valence-corrected chi connectivity index (χ0v) is 14.6. The number of benzene rings is 1. The molecule has 7 nitrogen and oxygen atoms in total. The third-order valence-electron chi connectivity index (χ3n) is 4.16. The van der Waals surface area contributed by atoms with E-state index in [-0.39, 0.29) is 5.69 Å². The van der Waals surface area contributed by atoms with Gasteiger partial charge >= 0.3 is 6.03 Å². The third-order valence-corrected chi connectivity index (χ3v) is 4.16. The van der Waals surface area contributed by atoms with E-state index in [1.54, 1.807) is 4.90 Å². The maximum atomic E-state index is 13.6. The molecule has 1 N–H and O–H groups in total. The van der Waals surface area contributed by atoms with Gasteiger partial charge in [0.2, 0.25) is 0 Å². The summed E-state index contributed by atoms with van der Waals surface area (Å²) >= 11 is 0. The number of rotatable bonds is 3. The SMILES string of the molecule is CN(C)c1ccc(N2CCN(C(=O)Nc3cc(F)ccc3F)CC2)nn1. The second-order valence-electron chi connectivity index (χ2n) is 6.17. The molecule has 1 aliphatic rings. The van der Waals surface area contributed by atoms with Crippen molar-refractivity contribution in [3.05, 3.63) is 42.0 Å². The second kappa shape index (κ2) is 7.51. The molecule has 1 aromatic carbocycles. The summed E-state index contributed by atoms with van der Waals surface area (Å²) in [4.78, 5) is 17.7. The quantitative estimate of drug-likeness (QED) is 0.907. The molecule has 138 valence electrons. The molecule has 0 saturated carbocycles. The summed E-state index contributed by atoms with van der Waals surface area (Å²) in [6, 6.07) is 6.27. The van der Waals surface area contributed by atoms with Crippen molar-refractivity contribution in [1.82, 2.24) is 15.1 Å². The highest BCUT2D eigenvalue weighted by molar-refractivity contribution is 5.89. The van der Waals surface area contributed by atoms with E-state index in [0.717, 1.165) is 29.8 Å². The molecule has 26 heavy (non-hydrogen) atoms. The number of hydrogen-bond acceptors (Lipinski definition) is 5. The van der Waals surface area contributed by atoms with Crippen LogP contribution in [0.15, 0.2) is 30.3 Å². The van der Waals surface area contributed by atoms with E-state index in [1.165, 1.54) is 0 Å². The van der Waals surface area contributed by atoms with Gasteiger partial charge in [0.15, 0.2) is 11.6 Å². The predicted molar refractivity (Wildman–Crippen MR) is 95.5 cm³/mol. The number of piperazine rings is 1. The van der Waals surface area contributed by atoms with E-state index in [9.17, 15) is 13.6 Å². The molecule has 0 spiro atoms. The largest absolute Gasteiger partial charge is 0.361 e. The summed E-state index contributed by atoms with van der Waals surface area (Å²) < 4.78 is 26.8. The maximum Gasteiger partial charge on any atom is 0.322 e. The molecule has 1 aliphatic heterocycles. The van der Waals surface area contributed by atoms with Gasteiger partial charge in [-0.15, -0.1) is 10.2 Å². The minimum absolute atomic E-state index is 0.164. The Hall–Kier alpha value is -2.97. The average Bonchev–Trinajstić information content (AvgIpc) is 2.65. The zero-order valence-electron chi connectivity index (χ0n) is 14.6. The number of urea groups is 1. The van der Waals surface area contributed by atoms with Crippen molar-refractivity contribution in [2.24, 2.45) is 0 Å². The molecule has 2 heterocycles. The van der Waals surface area contributed by atoms with Crippen molar-refractivity contribution >= 4 is 23.4 Å². The lowest BCUT2D eigenvalue weighted by Crippen LogP contribution is -2.50. The Morgan fingerprint density at radius 3 is 2.42 bits per heavy atom. The normalized spacial score (nSPS) is 14.3. The smallest absolute Gasteiger partial charge is 0.322 e. The van der Waals surface area contributed by atoms with E-state index in [2.05, 4.69) is 15.5 Å². The summed E-state index contributed by atoms with van der Waals surface area (Å²) in [5, 5.41) is 10.8. The monoisotopic (exact) mass is 362 g/mol. The first kappa shape index (κ1) is 17.8. The van der Waals surface area contributed by atoms with E-state index in [1.807, 2.05) is 36.0 Å². The van der Waals surface area contributed by atoms with Crippen LogP contribution in [0, 0.1) is 11.6 Å². The molecule has 0 radical (unpaired) electrons. The number of nitrogens with one attached hydrogen (secondary N) is 1. The van der Waals surface area contributed by atoms with Crippen LogP contribution in [0.5, 0.6) is 0 Å². The van der Waals surface area contributed by atoms with Crippen molar-refractivity contribution in [2.45, 2.75) is 0 Å². The Bertz CT molecular complexity index is 775. The van der Waals surface area contributed by atoms with Crippen molar-refractivity contribution in [2.75, 3.05) is 55.4 Å². The number of carbonyl (C=O) groups excluding carboxylic acids is 1. The summed E-state index contributed by atoms with van der Waals surface area (Å²) in [5.41, 5.74) is -0.164. The molecular formula is C17H20F2N6O. The Morgan fingerprint density at radius 2 is 1.81 bits per heavy atom. The van der Waals surface area contributed by atoms with Gasteiger partial charge in [-0.05, 0) is 24.3 Å². The molecule has 1 aromatic heterocycles. The molecule has 0 aliphatic carbocycles. The van der Waals surface area contributed by atoms with E-state index in [0.29, 0.717) is 26.2 Å². The highest BCUT2D eigenvalue weighted by Crippen LogP contribution is 2.18. The lowest BCUT2D eigenvalue weighted by atomic mass is 10.3. The Morgan fingerprint density at radius 1 is 1.08 bits per heavy atom. The van der Waals surface area contributed by atoms with Gasteiger partial charge in [0, 0.05) is 46.3 Å². The van der Waals surface area contributed by atoms with Crippen LogP contribution in [0.4, 0.5) is 30.9 Å². The standard InChI is InChI=1S/C17H20F2N6O/c1-23(2)15-5-6-16(22-21-15)24-7-9-25(10-8-24)17(26)20-14-11-12(18)3-4-13(14)19/h3-6,11H,7-10H2,1-2H3,(H,20,26). The number of halogens is 2. The molecule has 2 aromatic rings. The van der Waals surface area contributed by atoms with Crippen LogP contribution in [0.1, 0.15) is 0 Å². The molecule has 0 atom stereocenters. The van der Waals surface area contributed by atoms with Gasteiger partial charge in [0.1, 0.15) is 11.6 Å². The summed E-state index contributed by atoms with van der Waals surface area (Å²) in [7, 11) is 3.78. The number of carbonyl (C=O) groups is 1. The van der Waals surface area contributed by atoms with Gasteiger partial charge in [-0.25, -0.2) is 13.6 Å². The van der Waals surface area contributed by atoms with Crippen LogP contribution < -0.4 is 15.1 Å². The van der Waals surface area contributed by atoms with Crippen LogP contribution in [-0.4, -0.2) is 61.4 Å². The van der Waals surface area contributed by atoms with Crippen molar-refractivity contribution in [3.63, 3.8) is 0 Å². The molecule has 1 fully saturated rings. The van der Waals surface area contributed by atoms with Crippen molar-refractivity contribution < 1.29 is 13.6 Å². The van der Waals surface area contributed by atoms with Gasteiger partial charge in [0.05, 0.1) is 5.69 Å². The molecule has 3 rings (SSSR count). The lowest BCUT2D eigenvalue weighted by Gasteiger charge is -2.35. The Balaban J connectivity index is 1.57. The molecule has 2 amide bonds. The minimum atomic E-state index is -0.672. The topological polar surface area (TPSA) is 64.6 Å². The van der Waals surface area contributed by atoms with E-state index in [4.69, 9.17) is 0 Å². The van der Waals surface area contributed by atoms with Crippen molar-refractivity contribution in [1.29, 1.82) is 0 Å². The van der Waals surface area contributed by atoms with Crippen molar-refractivity contribution in [3.8, 4) is 0 Å². The Labute approximate surface area is 150 Å². The maximum absolute atomic E-state index is 13.6. The van der Waals surface area contributed by atoms with Crippen LogP contribution in [-0.2, 0) is 0 Å². The first-order chi connectivity index (χ1) is 12.4. The first-order valence-electron chi connectivity index (χ1n) is 8.21. The van der Waals surface area contributed by atoms with Gasteiger partial charge in [-0.1, -0.05) is 0 Å². The summed E-state index contributed by atoms with van der Waals surface area (Å²) in [6.07, 6.45) is 0. The van der Waals surface area contributed by atoms with Crippen LogP contribution in [0.3, 0.4) is 0 Å². The Kier molecular flexibility index (Phi) is 5.15. The number of amides is 2. The zero-order chi connectivity index (χ0) is 18.7. The molecule has 1 saturated heterocycles. The van der Waals surface area contributed by atoms with Crippen LogP contribution >= 0.6 is 0 Å². The fourth-order valence-electron chi connectivity index (χ4n) is 2.65. The number of hydrogen-bond donors (Lipinski definition) is 1. The summed E-state index contributed by atoms with van der Waals surface area (Å²) in [5.74, 6) is 0.233. The molecule has 0 unspecified atom stereocenters. The number of nitrogens with zero attached hydrogens (tertiary/aromatic N) is 5.